The van der Waals surface area contributed by atoms with Crippen LogP contribution in [0.5, 0.6) is 5.75 Å². The van der Waals surface area contributed by atoms with E-state index in [2.05, 4.69) is 5.32 Å². The van der Waals surface area contributed by atoms with E-state index >= 15 is 0 Å². The van der Waals surface area contributed by atoms with E-state index < -0.39 is 0 Å². The van der Waals surface area contributed by atoms with Gasteiger partial charge >= 0.3 is 0 Å². The Kier molecular flexibility index (Phi) is 4.89. The predicted octanol–water partition coefficient (Wildman–Crippen LogP) is 2.49. The first-order valence-corrected chi connectivity index (χ1v) is 8.43. The lowest BCUT2D eigenvalue weighted by Crippen LogP contribution is -2.45. The van der Waals surface area contributed by atoms with Gasteiger partial charge in [0.05, 0.1) is 0 Å². The maximum absolute atomic E-state index is 12.6. The van der Waals surface area contributed by atoms with Crippen molar-refractivity contribution in [3.63, 3.8) is 0 Å². The second kappa shape index (κ2) is 6.88. The van der Waals surface area contributed by atoms with E-state index in [1.54, 1.807) is 6.07 Å². The van der Waals surface area contributed by atoms with Gasteiger partial charge in [-0.25, -0.2) is 0 Å². The predicted molar refractivity (Wildman–Crippen MR) is 87.4 cm³/mol. The van der Waals surface area contributed by atoms with Gasteiger partial charge in [0.15, 0.2) is 6.10 Å². The molecule has 0 spiro atoms. The van der Waals surface area contributed by atoms with Crippen LogP contribution in [0.3, 0.4) is 0 Å². The summed E-state index contributed by atoms with van der Waals surface area (Å²) < 4.78 is 5.81. The molecule has 1 unspecified atom stereocenters. The third-order valence-electron chi connectivity index (χ3n) is 4.70. The van der Waals surface area contributed by atoms with Crippen molar-refractivity contribution in [1.29, 1.82) is 0 Å². The molecule has 1 aromatic carbocycles. The number of carbonyl (C=O) groups excluding carboxylic acids is 1. The van der Waals surface area contributed by atoms with Crippen LogP contribution in [0.4, 0.5) is 0 Å². The molecule has 2 heterocycles. The molecule has 120 valence electrons. The topological polar surface area (TPSA) is 41.6 Å². The average Bonchev–Trinajstić information content (AvgIpc) is 2.95. The molecule has 0 bridgehead atoms. The Hall–Kier alpha value is -1.26. The number of rotatable bonds is 4. The summed E-state index contributed by atoms with van der Waals surface area (Å²) in [6, 6.07) is 5.56. The van der Waals surface area contributed by atoms with Gasteiger partial charge < -0.3 is 15.0 Å². The van der Waals surface area contributed by atoms with E-state index in [1.165, 1.54) is 6.42 Å². The second-order valence-corrected chi connectivity index (χ2v) is 6.66. The van der Waals surface area contributed by atoms with E-state index in [1.807, 2.05) is 24.1 Å². The smallest absolute Gasteiger partial charge is 0.263 e. The van der Waals surface area contributed by atoms with Crippen LogP contribution in [0.1, 0.15) is 24.8 Å². The third kappa shape index (κ3) is 3.39. The highest BCUT2D eigenvalue weighted by atomic mass is 35.5. The summed E-state index contributed by atoms with van der Waals surface area (Å²) in [4.78, 5) is 14.6. The minimum Gasteiger partial charge on any atom is -0.480 e. The van der Waals surface area contributed by atoms with Gasteiger partial charge in [0.25, 0.3) is 5.91 Å². The summed E-state index contributed by atoms with van der Waals surface area (Å²) in [7, 11) is 1.99. The Morgan fingerprint density at radius 1 is 1.41 bits per heavy atom. The van der Waals surface area contributed by atoms with Crippen molar-refractivity contribution >= 4 is 17.5 Å². The van der Waals surface area contributed by atoms with Gasteiger partial charge in [-0.15, -0.1) is 0 Å². The lowest BCUT2D eigenvalue weighted by Gasteiger charge is -2.33. The Morgan fingerprint density at radius 3 is 2.91 bits per heavy atom. The number of fused-ring (bicyclic) bond motifs is 1. The molecule has 5 heteroatoms. The molecule has 1 aromatic rings. The number of hydrogen-bond donors (Lipinski definition) is 1. The van der Waals surface area contributed by atoms with Crippen LogP contribution in [-0.4, -0.2) is 43.6 Å². The van der Waals surface area contributed by atoms with Crippen molar-refractivity contribution in [2.24, 2.45) is 5.92 Å². The fourth-order valence-electron chi connectivity index (χ4n) is 3.35. The molecule has 1 fully saturated rings. The molecule has 0 aliphatic carbocycles. The Bertz CT molecular complexity index is 541. The van der Waals surface area contributed by atoms with Crippen LogP contribution in [0.25, 0.3) is 0 Å². The molecule has 2 aliphatic rings. The average molecular weight is 323 g/mol. The van der Waals surface area contributed by atoms with Gasteiger partial charge in [-0.2, -0.15) is 0 Å². The summed E-state index contributed by atoms with van der Waals surface area (Å²) in [6.45, 7) is 2.76. The Balaban J connectivity index is 1.54. The number of halogens is 1. The molecular weight excluding hydrogens is 300 g/mol. The van der Waals surface area contributed by atoms with Crippen LogP contribution in [-0.2, 0) is 11.2 Å². The number of piperidine rings is 1. The van der Waals surface area contributed by atoms with Gasteiger partial charge in [-0.3, -0.25) is 4.79 Å². The maximum atomic E-state index is 12.6. The third-order valence-corrected chi connectivity index (χ3v) is 4.94. The van der Waals surface area contributed by atoms with Crippen LogP contribution in [0.2, 0.25) is 5.02 Å². The zero-order chi connectivity index (χ0) is 15.5. The Labute approximate surface area is 136 Å². The molecule has 3 rings (SSSR count). The van der Waals surface area contributed by atoms with E-state index in [4.69, 9.17) is 16.3 Å². The van der Waals surface area contributed by atoms with Gasteiger partial charge in [0, 0.05) is 24.5 Å². The molecule has 4 nitrogen and oxygen atoms in total. The zero-order valence-corrected chi connectivity index (χ0v) is 13.7. The first-order valence-electron chi connectivity index (χ1n) is 8.06. The molecule has 1 N–H and O–H groups in total. The van der Waals surface area contributed by atoms with E-state index in [-0.39, 0.29) is 12.0 Å². The molecular formula is C17H23ClN2O2. The quantitative estimate of drug-likeness (QED) is 0.926. The maximum Gasteiger partial charge on any atom is 0.263 e. The summed E-state index contributed by atoms with van der Waals surface area (Å²) in [6.07, 6.45) is 3.65. The number of nitrogens with zero attached hydrogens (tertiary/aromatic N) is 1. The molecule has 1 atom stereocenters. The number of carbonyl (C=O) groups is 1. The van der Waals surface area contributed by atoms with Crippen molar-refractivity contribution in [3.8, 4) is 5.75 Å². The summed E-state index contributed by atoms with van der Waals surface area (Å²) in [5, 5.41) is 3.89. The fourth-order valence-corrected chi connectivity index (χ4v) is 3.54. The second-order valence-electron chi connectivity index (χ2n) is 6.22. The highest BCUT2D eigenvalue weighted by Gasteiger charge is 2.34. The van der Waals surface area contributed by atoms with Gasteiger partial charge in [0.2, 0.25) is 0 Å². The molecule has 1 amide bonds. The lowest BCUT2D eigenvalue weighted by molar-refractivity contribution is -0.139. The summed E-state index contributed by atoms with van der Waals surface area (Å²) in [5.41, 5.74) is 1.04. The molecule has 0 aromatic heterocycles. The van der Waals surface area contributed by atoms with Gasteiger partial charge in [-0.05, 0) is 62.5 Å². The summed E-state index contributed by atoms with van der Waals surface area (Å²) in [5.74, 6) is 1.66. The lowest BCUT2D eigenvalue weighted by atomic mass is 9.93. The number of hydrogen-bond acceptors (Lipinski definition) is 3. The molecule has 1 saturated heterocycles. The van der Waals surface area contributed by atoms with Gasteiger partial charge in [-0.1, -0.05) is 11.6 Å². The molecule has 2 aliphatic heterocycles. The highest BCUT2D eigenvalue weighted by molar-refractivity contribution is 6.30. The first-order chi connectivity index (χ1) is 10.7. The normalized spacial score (nSPS) is 21.5. The first kappa shape index (κ1) is 15.6. The van der Waals surface area contributed by atoms with Crippen molar-refractivity contribution in [1.82, 2.24) is 10.2 Å². The number of nitrogens with one attached hydrogen (secondary N) is 1. The summed E-state index contributed by atoms with van der Waals surface area (Å²) >= 11 is 6.00. The molecule has 0 saturated carbocycles. The largest absolute Gasteiger partial charge is 0.480 e. The SMILES string of the molecule is CNCCC1CCN(C(=O)C2Cc3cc(Cl)ccc3O2)CC1. The Morgan fingerprint density at radius 2 is 2.18 bits per heavy atom. The minimum atomic E-state index is -0.373. The van der Waals surface area contributed by atoms with Crippen LogP contribution >= 0.6 is 11.6 Å². The number of ether oxygens (including phenoxy) is 1. The van der Waals surface area contributed by atoms with E-state index in [0.29, 0.717) is 11.4 Å². The zero-order valence-electron chi connectivity index (χ0n) is 13.0. The van der Waals surface area contributed by atoms with Crippen molar-refractivity contribution in [2.45, 2.75) is 31.8 Å². The fraction of sp³-hybridized carbons (Fsp3) is 0.588. The highest BCUT2D eigenvalue weighted by Crippen LogP contribution is 2.32. The van der Waals surface area contributed by atoms with E-state index in [9.17, 15) is 4.79 Å². The minimum absolute atomic E-state index is 0.124. The molecule has 22 heavy (non-hydrogen) atoms. The number of benzene rings is 1. The van der Waals surface area contributed by atoms with Crippen LogP contribution < -0.4 is 10.1 Å². The number of likely N-dealkylation sites (tertiary alicyclic amines) is 1. The molecule has 0 radical (unpaired) electrons. The van der Waals surface area contributed by atoms with Crippen molar-refractivity contribution in [2.75, 3.05) is 26.7 Å². The van der Waals surface area contributed by atoms with Gasteiger partial charge in [0.1, 0.15) is 5.75 Å². The van der Waals surface area contributed by atoms with Crippen molar-refractivity contribution in [3.05, 3.63) is 28.8 Å². The standard InChI is InChI=1S/C17H23ClN2O2/c1-19-7-4-12-5-8-20(9-6-12)17(21)16-11-13-10-14(18)2-3-15(13)22-16/h2-3,10,12,16,19H,4-9,11H2,1H3. The monoisotopic (exact) mass is 322 g/mol. The van der Waals surface area contributed by atoms with Crippen LogP contribution in [0, 0.1) is 5.92 Å². The van der Waals surface area contributed by atoms with Crippen LogP contribution in [0.15, 0.2) is 18.2 Å². The number of amides is 1. The van der Waals surface area contributed by atoms with Crippen molar-refractivity contribution < 1.29 is 9.53 Å². The van der Waals surface area contributed by atoms with E-state index in [0.717, 1.165) is 49.7 Å².